The molecule has 0 spiro atoms. The van der Waals surface area contributed by atoms with Gasteiger partial charge in [-0.05, 0) is 98.6 Å². The fraction of sp³-hybridized carbons (Fsp3) is 0.0980. The molecule has 1 nitrogen and oxygen atoms in total. The molecule has 0 amide bonds. The second-order valence-electron chi connectivity index (χ2n) is 13.9. The molecule has 0 aliphatic heterocycles. The van der Waals surface area contributed by atoms with Crippen molar-refractivity contribution in [2.24, 2.45) is 0 Å². The molecular weight excluding hydrogens is 627 g/mol. The molecule has 0 bridgehead atoms. The van der Waals surface area contributed by atoms with Crippen LogP contribution in [0.25, 0.3) is 55.3 Å². The molecule has 8 aromatic carbocycles. The number of fused-ring (bicyclic) bond motifs is 4. The Hall–Kier alpha value is -6.18. The molecule has 0 aromatic heterocycles. The minimum absolute atomic E-state index is 0.0516. The van der Waals surface area contributed by atoms with Gasteiger partial charge in [0.2, 0.25) is 0 Å². The summed E-state index contributed by atoms with van der Waals surface area (Å²) in [7, 11) is 0. The summed E-state index contributed by atoms with van der Waals surface area (Å²) in [6.45, 7) is 4.72. The number of hydrogen-bond donors (Lipinski definition) is 0. The first-order valence-corrected chi connectivity index (χ1v) is 18.6. The predicted molar refractivity (Wildman–Crippen MR) is 222 cm³/mol. The Morgan fingerprint density at radius 2 is 0.962 bits per heavy atom. The molecular formula is C51H41N. The molecule has 0 N–H and O–H groups in total. The van der Waals surface area contributed by atoms with Gasteiger partial charge in [0, 0.05) is 27.7 Å². The Bertz CT molecular complexity index is 2530. The Balaban J connectivity index is 1.33. The van der Waals surface area contributed by atoms with Crippen LogP contribution in [0, 0.1) is 0 Å². The van der Waals surface area contributed by atoms with Crippen molar-refractivity contribution in [3.63, 3.8) is 0 Å². The second-order valence-corrected chi connectivity index (χ2v) is 13.9. The van der Waals surface area contributed by atoms with Gasteiger partial charge in [-0.3, -0.25) is 0 Å². The highest BCUT2D eigenvalue weighted by atomic mass is 15.1. The summed E-state index contributed by atoms with van der Waals surface area (Å²) in [5.41, 5.74) is 16.3. The van der Waals surface area contributed by atoms with Crippen LogP contribution in [0.5, 0.6) is 0 Å². The Kier molecular flexibility index (Phi) is 8.05. The van der Waals surface area contributed by atoms with Gasteiger partial charge in [0.1, 0.15) is 0 Å². The normalized spacial score (nSPS) is 12.7. The van der Waals surface area contributed by atoms with Gasteiger partial charge >= 0.3 is 0 Å². The van der Waals surface area contributed by atoms with E-state index in [1.807, 2.05) is 0 Å². The minimum atomic E-state index is -0.0516. The van der Waals surface area contributed by atoms with Gasteiger partial charge in [-0.1, -0.05) is 172 Å². The first-order chi connectivity index (χ1) is 25.7. The van der Waals surface area contributed by atoms with Crippen LogP contribution in [-0.2, 0) is 5.41 Å². The molecule has 52 heavy (non-hydrogen) atoms. The second kappa shape index (κ2) is 13.2. The summed E-state index contributed by atoms with van der Waals surface area (Å²) >= 11 is 0. The van der Waals surface area contributed by atoms with Gasteiger partial charge in [-0.2, -0.15) is 0 Å². The summed E-state index contributed by atoms with van der Waals surface area (Å²) < 4.78 is 0. The summed E-state index contributed by atoms with van der Waals surface area (Å²) in [6, 6.07) is 69.1. The molecule has 0 atom stereocenters. The highest BCUT2D eigenvalue weighted by molar-refractivity contribution is 6.10. The van der Waals surface area contributed by atoms with E-state index in [1.165, 1.54) is 72.1 Å². The predicted octanol–water partition coefficient (Wildman–Crippen LogP) is 14.4. The summed E-state index contributed by atoms with van der Waals surface area (Å²) in [6.07, 6.45) is 2.09. The molecule has 1 aliphatic rings. The molecule has 0 unspecified atom stereocenters. The van der Waals surface area contributed by atoms with Crippen LogP contribution >= 0.6 is 0 Å². The van der Waals surface area contributed by atoms with Crippen molar-refractivity contribution < 1.29 is 0 Å². The van der Waals surface area contributed by atoms with Gasteiger partial charge in [-0.25, -0.2) is 0 Å². The van der Waals surface area contributed by atoms with Gasteiger partial charge in [-0.15, -0.1) is 0 Å². The van der Waals surface area contributed by atoms with Gasteiger partial charge in [0.05, 0.1) is 5.69 Å². The summed E-state index contributed by atoms with van der Waals surface area (Å²) in [5.74, 6) is 0. The van der Waals surface area contributed by atoms with Gasteiger partial charge in [0.15, 0.2) is 0 Å². The van der Waals surface area contributed by atoms with E-state index in [0.717, 1.165) is 24.2 Å². The minimum Gasteiger partial charge on any atom is -0.309 e. The lowest BCUT2D eigenvalue weighted by Crippen LogP contribution is -2.23. The number of hydrogen-bond acceptors (Lipinski definition) is 1. The topological polar surface area (TPSA) is 3.24 Å². The van der Waals surface area contributed by atoms with E-state index in [-0.39, 0.29) is 5.41 Å². The highest BCUT2D eigenvalue weighted by Gasteiger charge is 2.43. The van der Waals surface area contributed by atoms with E-state index >= 15 is 0 Å². The largest absolute Gasteiger partial charge is 0.309 e. The van der Waals surface area contributed by atoms with Crippen LogP contribution in [0.15, 0.2) is 188 Å². The van der Waals surface area contributed by atoms with E-state index in [0.29, 0.717) is 0 Å². The number of benzene rings is 8. The zero-order chi connectivity index (χ0) is 35.1. The molecule has 8 aromatic rings. The summed E-state index contributed by atoms with van der Waals surface area (Å²) in [5, 5.41) is 2.52. The zero-order valence-corrected chi connectivity index (χ0v) is 29.8. The molecule has 0 heterocycles. The third-order valence-electron chi connectivity index (χ3n) is 11.3. The lowest BCUT2D eigenvalue weighted by atomic mass is 9.73. The van der Waals surface area contributed by atoms with Crippen LogP contribution in [-0.4, -0.2) is 0 Å². The van der Waals surface area contributed by atoms with Crippen LogP contribution < -0.4 is 4.90 Å². The summed E-state index contributed by atoms with van der Waals surface area (Å²) in [4.78, 5) is 2.53. The van der Waals surface area contributed by atoms with Crippen molar-refractivity contribution >= 4 is 27.8 Å². The third-order valence-corrected chi connectivity index (χ3v) is 11.3. The molecule has 1 aliphatic carbocycles. The Morgan fingerprint density at radius 1 is 0.404 bits per heavy atom. The van der Waals surface area contributed by atoms with Crippen molar-refractivity contribution in [3.8, 4) is 44.5 Å². The van der Waals surface area contributed by atoms with Crippen molar-refractivity contribution in [1.29, 1.82) is 0 Å². The number of rotatable bonds is 8. The smallest absolute Gasteiger partial charge is 0.0621 e. The molecule has 9 rings (SSSR count). The Labute approximate surface area is 307 Å². The van der Waals surface area contributed by atoms with E-state index in [9.17, 15) is 0 Å². The average Bonchev–Trinajstić information content (AvgIpc) is 3.51. The fourth-order valence-corrected chi connectivity index (χ4v) is 8.74. The third kappa shape index (κ3) is 5.16. The molecule has 250 valence electrons. The van der Waals surface area contributed by atoms with Crippen molar-refractivity contribution in [2.75, 3.05) is 4.90 Å². The average molecular weight is 668 g/mol. The van der Waals surface area contributed by atoms with Crippen molar-refractivity contribution in [2.45, 2.75) is 32.1 Å². The zero-order valence-electron chi connectivity index (χ0n) is 29.8. The van der Waals surface area contributed by atoms with Crippen molar-refractivity contribution in [1.82, 2.24) is 0 Å². The fourth-order valence-electron chi connectivity index (χ4n) is 8.74. The molecule has 0 fully saturated rings. The van der Waals surface area contributed by atoms with E-state index < -0.39 is 0 Å². The highest BCUT2D eigenvalue weighted by Crippen LogP contribution is 2.59. The quantitative estimate of drug-likeness (QED) is 0.156. The molecule has 1 heteroatoms. The van der Waals surface area contributed by atoms with E-state index in [4.69, 9.17) is 0 Å². The maximum Gasteiger partial charge on any atom is 0.0621 e. The molecule has 0 saturated carbocycles. The number of nitrogens with zero attached hydrogens (tertiary/aromatic N) is 1. The lowest BCUT2D eigenvalue weighted by Gasteiger charge is -2.33. The van der Waals surface area contributed by atoms with Crippen LogP contribution in [0.2, 0.25) is 0 Å². The van der Waals surface area contributed by atoms with Crippen LogP contribution in [0.3, 0.4) is 0 Å². The molecule has 0 radical (unpaired) electrons. The van der Waals surface area contributed by atoms with Gasteiger partial charge in [0.25, 0.3) is 0 Å². The van der Waals surface area contributed by atoms with Crippen LogP contribution in [0.4, 0.5) is 17.1 Å². The SMILES string of the molecule is CCC1(CC)c2ccccc2-c2c1cc1ccccc1c2N(c1ccc(-c2ccccc2)cc1)c1cccc(-c2ccccc2-c2ccccc2)c1. The van der Waals surface area contributed by atoms with Crippen molar-refractivity contribution in [3.05, 3.63) is 199 Å². The van der Waals surface area contributed by atoms with E-state index in [2.05, 4.69) is 207 Å². The maximum atomic E-state index is 2.53. The van der Waals surface area contributed by atoms with Gasteiger partial charge < -0.3 is 4.90 Å². The monoisotopic (exact) mass is 667 g/mol. The lowest BCUT2D eigenvalue weighted by molar-refractivity contribution is 0.491. The van der Waals surface area contributed by atoms with Crippen LogP contribution in [0.1, 0.15) is 37.8 Å². The number of anilines is 3. The maximum absolute atomic E-state index is 2.53. The standard InChI is InChI=1S/C51H41N/c1-3-51(4-2)47-29-16-15-28-46(47)49-48(51)35-40-22-11-12-27-45(40)50(49)52(41-32-30-37(31-33-41)36-18-7-5-8-19-36)42-24-17-23-39(34-42)44-26-14-13-25-43(44)38-20-9-6-10-21-38/h5-35H,3-4H2,1-2H3. The first-order valence-electron chi connectivity index (χ1n) is 18.6. The Morgan fingerprint density at radius 3 is 1.67 bits per heavy atom. The first kappa shape index (κ1) is 31.8. The molecule has 0 saturated heterocycles. The van der Waals surface area contributed by atoms with E-state index in [1.54, 1.807) is 0 Å².